The van der Waals surface area contributed by atoms with Gasteiger partial charge in [-0.05, 0) is 19.3 Å². The third-order valence-electron chi connectivity index (χ3n) is 1.72. The van der Waals surface area contributed by atoms with Gasteiger partial charge in [0.05, 0.1) is 6.61 Å². The summed E-state index contributed by atoms with van der Waals surface area (Å²) >= 11 is 0. The Labute approximate surface area is 57.4 Å². The normalized spacial score (nSPS) is 19.7. The minimum atomic E-state index is 0.934. The quantitative estimate of drug-likeness (QED) is 0.526. The topological polar surface area (TPSA) is 9.23 Å². The van der Waals surface area contributed by atoms with Gasteiger partial charge in [-0.15, -0.1) is 0 Å². The second-order valence-electron chi connectivity index (χ2n) is 2.66. The molecule has 0 aromatic carbocycles. The Hall–Kier alpha value is -0.0400. The molecular weight excluding hydrogens is 112 g/mol. The van der Waals surface area contributed by atoms with E-state index in [1.807, 2.05) is 0 Å². The maximum Gasteiger partial charge on any atom is 0.0528 e. The summed E-state index contributed by atoms with van der Waals surface area (Å²) in [5, 5.41) is 0. The van der Waals surface area contributed by atoms with Crippen LogP contribution in [0.5, 0.6) is 0 Å². The van der Waals surface area contributed by atoms with E-state index in [1.54, 1.807) is 5.92 Å². The van der Waals surface area contributed by atoms with Gasteiger partial charge in [0.25, 0.3) is 0 Å². The lowest BCUT2D eigenvalue weighted by molar-refractivity contribution is 0.129. The summed E-state index contributed by atoms with van der Waals surface area (Å²) in [5.41, 5.74) is 0. The second-order valence-corrected chi connectivity index (χ2v) is 2.66. The lowest BCUT2D eigenvalue weighted by Gasteiger charge is -2.23. The summed E-state index contributed by atoms with van der Waals surface area (Å²) in [6, 6.07) is 0. The molecule has 1 aliphatic carbocycles. The van der Waals surface area contributed by atoms with Crippen LogP contribution in [0.1, 0.15) is 32.6 Å². The fraction of sp³-hybridized carbons (Fsp3) is 0.875. The molecule has 0 bridgehead atoms. The highest BCUT2D eigenvalue weighted by Gasteiger charge is 2.17. The molecule has 0 unspecified atom stereocenters. The molecule has 0 N–H and O–H groups in total. The van der Waals surface area contributed by atoms with E-state index in [9.17, 15) is 0 Å². The summed E-state index contributed by atoms with van der Waals surface area (Å²) in [6.45, 7) is 4.02. The Balaban J connectivity index is 1.80. The molecular formula is C8H15O. The Kier molecular flexibility index (Phi) is 3.05. The lowest BCUT2D eigenvalue weighted by Crippen LogP contribution is -2.15. The zero-order valence-corrected chi connectivity index (χ0v) is 6.15. The van der Waals surface area contributed by atoms with Gasteiger partial charge in [0.2, 0.25) is 0 Å². The molecule has 0 heterocycles. The first-order valence-corrected chi connectivity index (χ1v) is 3.85. The van der Waals surface area contributed by atoms with Crippen molar-refractivity contribution in [2.45, 2.75) is 32.6 Å². The minimum absolute atomic E-state index is 0.934. The maximum absolute atomic E-state index is 5.35. The number of hydrogen-bond acceptors (Lipinski definition) is 1. The summed E-state index contributed by atoms with van der Waals surface area (Å²) < 4.78 is 5.35. The molecule has 0 spiro atoms. The van der Waals surface area contributed by atoms with E-state index in [-0.39, 0.29) is 0 Å². The van der Waals surface area contributed by atoms with Crippen LogP contribution in [0.3, 0.4) is 0 Å². The molecule has 1 saturated carbocycles. The average molecular weight is 127 g/mol. The predicted molar refractivity (Wildman–Crippen MR) is 38.2 cm³/mol. The first-order valence-electron chi connectivity index (χ1n) is 3.85. The second kappa shape index (κ2) is 3.89. The van der Waals surface area contributed by atoms with Crippen molar-refractivity contribution in [2.75, 3.05) is 13.2 Å². The highest BCUT2D eigenvalue weighted by molar-refractivity contribution is 4.97. The summed E-state index contributed by atoms with van der Waals surface area (Å²) in [7, 11) is 0. The fourth-order valence-corrected chi connectivity index (χ4v) is 0.932. The monoisotopic (exact) mass is 127 g/mol. The highest BCUT2D eigenvalue weighted by atomic mass is 16.5. The molecule has 0 amide bonds. The first-order chi connectivity index (χ1) is 4.43. The van der Waals surface area contributed by atoms with E-state index in [4.69, 9.17) is 4.74 Å². The van der Waals surface area contributed by atoms with Crippen LogP contribution in [-0.4, -0.2) is 13.2 Å². The van der Waals surface area contributed by atoms with Gasteiger partial charge >= 0.3 is 0 Å². The third kappa shape index (κ3) is 2.35. The predicted octanol–water partition coefficient (Wildman–Crippen LogP) is 2.17. The van der Waals surface area contributed by atoms with Gasteiger partial charge in [0, 0.05) is 12.5 Å². The number of rotatable bonds is 4. The van der Waals surface area contributed by atoms with Gasteiger partial charge in [-0.1, -0.05) is 13.3 Å². The summed E-state index contributed by atoms with van der Waals surface area (Å²) in [4.78, 5) is 0. The Morgan fingerprint density at radius 2 is 2.22 bits per heavy atom. The van der Waals surface area contributed by atoms with Crippen LogP contribution in [0.4, 0.5) is 0 Å². The summed E-state index contributed by atoms with van der Waals surface area (Å²) in [5.74, 6) is 1.61. The number of hydrogen-bond donors (Lipinski definition) is 0. The van der Waals surface area contributed by atoms with E-state index in [1.165, 1.54) is 19.3 Å². The van der Waals surface area contributed by atoms with Crippen molar-refractivity contribution in [2.24, 2.45) is 0 Å². The first kappa shape index (κ1) is 7.07. The van der Waals surface area contributed by atoms with Crippen LogP contribution in [0.2, 0.25) is 0 Å². The molecule has 0 aromatic heterocycles. The van der Waals surface area contributed by atoms with E-state index in [0.717, 1.165) is 19.6 Å². The van der Waals surface area contributed by atoms with Crippen LogP contribution in [0, 0.1) is 5.92 Å². The highest BCUT2D eigenvalue weighted by Crippen LogP contribution is 2.28. The Morgan fingerprint density at radius 1 is 1.44 bits per heavy atom. The molecule has 1 aliphatic rings. The van der Waals surface area contributed by atoms with Crippen LogP contribution in [-0.2, 0) is 4.74 Å². The zero-order valence-electron chi connectivity index (χ0n) is 6.15. The molecule has 1 rings (SSSR count). The number of ether oxygens (including phenoxy) is 1. The van der Waals surface area contributed by atoms with Gasteiger partial charge in [-0.3, -0.25) is 0 Å². The zero-order chi connectivity index (χ0) is 6.53. The van der Waals surface area contributed by atoms with Gasteiger partial charge in [0.1, 0.15) is 0 Å². The van der Waals surface area contributed by atoms with Crippen molar-refractivity contribution in [3.05, 3.63) is 5.92 Å². The van der Waals surface area contributed by atoms with Crippen LogP contribution < -0.4 is 0 Å². The molecule has 0 saturated heterocycles. The molecule has 53 valence electrons. The lowest BCUT2D eigenvalue weighted by atomic mass is 9.86. The smallest absolute Gasteiger partial charge is 0.0528 e. The molecule has 1 nitrogen and oxygen atoms in total. The SMILES string of the molecule is CCCOC[C]1CCC1. The average Bonchev–Trinajstić information content (AvgIpc) is 1.76. The third-order valence-corrected chi connectivity index (χ3v) is 1.72. The molecule has 1 fully saturated rings. The van der Waals surface area contributed by atoms with E-state index in [0.29, 0.717) is 0 Å². The molecule has 0 aliphatic heterocycles. The van der Waals surface area contributed by atoms with Crippen LogP contribution in [0.25, 0.3) is 0 Å². The summed E-state index contributed by atoms with van der Waals surface area (Å²) in [6.07, 6.45) is 5.19. The van der Waals surface area contributed by atoms with Crippen LogP contribution >= 0.6 is 0 Å². The van der Waals surface area contributed by atoms with Crippen molar-refractivity contribution in [3.63, 3.8) is 0 Å². The van der Waals surface area contributed by atoms with Crippen molar-refractivity contribution < 1.29 is 4.74 Å². The molecule has 0 aromatic rings. The van der Waals surface area contributed by atoms with Crippen molar-refractivity contribution in [1.29, 1.82) is 0 Å². The van der Waals surface area contributed by atoms with Gasteiger partial charge in [0.15, 0.2) is 0 Å². The Bertz CT molecular complexity index is 67.0. The minimum Gasteiger partial charge on any atom is -0.381 e. The van der Waals surface area contributed by atoms with E-state index >= 15 is 0 Å². The fourth-order valence-electron chi connectivity index (χ4n) is 0.932. The largest absolute Gasteiger partial charge is 0.381 e. The van der Waals surface area contributed by atoms with E-state index in [2.05, 4.69) is 6.92 Å². The van der Waals surface area contributed by atoms with Crippen LogP contribution in [0.15, 0.2) is 0 Å². The molecule has 9 heavy (non-hydrogen) atoms. The van der Waals surface area contributed by atoms with Crippen molar-refractivity contribution in [1.82, 2.24) is 0 Å². The van der Waals surface area contributed by atoms with Gasteiger partial charge in [-0.2, -0.15) is 0 Å². The van der Waals surface area contributed by atoms with Crippen molar-refractivity contribution in [3.8, 4) is 0 Å². The molecule has 0 atom stereocenters. The molecule has 1 heteroatoms. The van der Waals surface area contributed by atoms with Gasteiger partial charge in [-0.25, -0.2) is 0 Å². The van der Waals surface area contributed by atoms with Crippen molar-refractivity contribution >= 4 is 0 Å². The molecule has 1 radical (unpaired) electrons. The standard InChI is InChI=1S/C8H15O/c1-2-6-9-7-8-4-3-5-8/h2-7H2,1H3. The Morgan fingerprint density at radius 3 is 2.67 bits per heavy atom. The van der Waals surface area contributed by atoms with E-state index < -0.39 is 0 Å². The van der Waals surface area contributed by atoms with Gasteiger partial charge < -0.3 is 4.74 Å². The maximum atomic E-state index is 5.35.